The molecular weight excluding hydrogens is 276 g/mol. The molecule has 106 valence electrons. The van der Waals surface area contributed by atoms with Crippen LogP contribution < -0.4 is 4.72 Å². The predicted octanol–water partition coefficient (Wildman–Crippen LogP) is 0.924. The van der Waals surface area contributed by atoms with Crippen molar-refractivity contribution in [1.29, 1.82) is 5.26 Å². The summed E-state index contributed by atoms with van der Waals surface area (Å²) in [5.41, 5.74) is 1.59. The standard InChI is InChI=1S/C14H16N2O3S/c1-12(16-20(18,19)11-9-15)14-7-5-13(6-8-14)4-2-3-10-17/h5-8,12,16-17H,3,10-11H2,1H3. The van der Waals surface area contributed by atoms with Gasteiger partial charge < -0.3 is 5.11 Å². The van der Waals surface area contributed by atoms with Crippen LogP contribution in [0.15, 0.2) is 24.3 Å². The van der Waals surface area contributed by atoms with Gasteiger partial charge >= 0.3 is 0 Å². The highest BCUT2D eigenvalue weighted by Crippen LogP contribution is 2.14. The molecule has 0 saturated heterocycles. The Morgan fingerprint density at radius 1 is 1.35 bits per heavy atom. The number of benzene rings is 1. The molecule has 5 nitrogen and oxygen atoms in total. The van der Waals surface area contributed by atoms with E-state index in [0.717, 1.165) is 11.1 Å². The maximum Gasteiger partial charge on any atom is 0.225 e. The van der Waals surface area contributed by atoms with Gasteiger partial charge in [-0.25, -0.2) is 13.1 Å². The molecule has 0 aromatic heterocycles. The average molecular weight is 292 g/mol. The minimum absolute atomic E-state index is 0.0305. The highest BCUT2D eigenvalue weighted by molar-refractivity contribution is 7.89. The normalized spacial score (nSPS) is 12.1. The molecule has 1 rings (SSSR count). The minimum Gasteiger partial charge on any atom is -0.395 e. The summed E-state index contributed by atoms with van der Waals surface area (Å²) >= 11 is 0. The van der Waals surface area contributed by atoms with Gasteiger partial charge in [-0.3, -0.25) is 0 Å². The molecule has 0 aliphatic carbocycles. The first-order valence-electron chi connectivity index (χ1n) is 6.05. The van der Waals surface area contributed by atoms with Crippen molar-refractivity contribution in [2.75, 3.05) is 12.4 Å². The quantitative estimate of drug-likeness (QED) is 0.790. The summed E-state index contributed by atoms with van der Waals surface area (Å²) in [6.45, 7) is 1.74. The Hall–Kier alpha value is -1.86. The van der Waals surface area contributed by atoms with Gasteiger partial charge in [0.05, 0.1) is 12.7 Å². The van der Waals surface area contributed by atoms with Crippen LogP contribution in [-0.2, 0) is 10.0 Å². The lowest BCUT2D eigenvalue weighted by molar-refractivity contribution is 0.305. The first-order valence-corrected chi connectivity index (χ1v) is 7.70. The molecule has 1 unspecified atom stereocenters. The number of aliphatic hydroxyl groups excluding tert-OH is 1. The molecule has 0 amide bonds. The van der Waals surface area contributed by atoms with Crippen molar-refractivity contribution in [3.8, 4) is 17.9 Å². The van der Waals surface area contributed by atoms with Crippen molar-refractivity contribution in [3.63, 3.8) is 0 Å². The zero-order valence-corrected chi connectivity index (χ0v) is 11.9. The van der Waals surface area contributed by atoms with Gasteiger partial charge in [-0.05, 0) is 24.6 Å². The second-order valence-electron chi connectivity index (χ2n) is 4.15. The summed E-state index contributed by atoms with van der Waals surface area (Å²) < 4.78 is 25.4. The number of nitrogens with zero attached hydrogens (tertiary/aromatic N) is 1. The number of hydrogen-bond acceptors (Lipinski definition) is 4. The Bertz CT molecular complexity index is 634. The van der Waals surface area contributed by atoms with E-state index in [-0.39, 0.29) is 6.61 Å². The van der Waals surface area contributed by atoms with Gasteiger partial charge in [-0.15, -0.1) is 0 Å². The highest BCUT2D eigenvalue weighted by Gasteiger charge is 2.14. The molecule has 0 bridgehead atoms. The number of nitriles is 1. The van der Waals surface area contributed by atoms with E-state index in [0.29, 0.717) is 6.42 Å². The second kappa shape index (κ2) is 7.66. The highest BCUT2D eigenvalue weighted by atomic mass is 32.2. The smallest absolute Gasteiger partial charge is 0.225 e. The molecule has 0 fully saturated rings. The molecule has 20 heavy (non-hydrogen) atoms. The van der Waals surface area contributed by atoms with Crippen LogP contribution in [0.25, 0.3) is 0 Å². The molecule has 0 spiro atoms. The van der Waals surface area contributed by atoms with Crippen LogP contribution in [0.2, 0.25) is 0 Å². The summed E-state index contributed by atoms with van der Waals surface area (Å²) in [7, 11) is -3.57. The van der Waals surface area contributed by atoms with Gasteiger partial charge in [0.2, 0.25) is 10.0 Å². The molecule has 0 saturated carbocycles. The molecule has 0 aliphatic heterocycles. The third-order valence-electron chi connectivity index (χ3n) is 2.49. The van der Waals surface area contributed by atoms with Crippen LogP contribution >= 0.6 is 0 Å². The number of rotatable bonds is 5. The van der Waals surface area contributed by atoms with E-state index >= 15 is 0 Å². The second-order valence-corrected chi connectivity index (χ2v) is 5.91. The lowest BCUT2D eigenvalue weighted by Gasteiger charge is -2.13. The van der Waals surface area contributed by atoms with Crippen molar-refractivity contribution < 1.29 is 13.5 Å². The first kappa shape index (κ1) is 16.2. The maximum atomic E-state index is 11.5. The van der Waals surface area contributed by atoms with E-state index in [9.17, 15) is 8.42 Å². The van der Waals surface area contributed by atoms with Gasteiger partial charge in [-0.2, -0.15) is 5.26 Å². The number of hydrogen-bond donors (Lipinski definition) is 2. The van der Waals surface area contributed by atoms with Crippen LogP contribution in [0.3, 0.4) is 0 Å². The van der Waals surface area contributed by atoms with E-state index in [1.165, 1.54) is 0 Å². The third-order valence-corrected chi connectivity index (χ3v) is 3.71. The monoisotopic (exact) mass is 292 g/mol. The van der Waals surface area contributed by atoms with Crippen molar-refractivity contribution >= 4 is 10.0 Å². The van der Waals surface area contributed by atoms with Crippen molar-refractivity contribution in [1.82, 2.24) is 4.72 Å². The van der Waals surface area contributed by atoms with Crippen LogP contribution in [0.5, 0.6) is 0 Å². The fraction of sp³-hybridized carbons (Fsp3) is 0.357. The molecule has 0 aliphatic rings. The number of sulfonamides is 1. The van der Waals surface area contributed by atoms with Crippen molar-refractivity contribution in [2.24, 2.45) is 0 Å². The lowest BCUT2D eigenvalue weighted by atomic mass is 10.1. The van der Waals surface area contributed by atoms with Gasteiger partial charge in [0, 0.05) is 18.0 Å². The van der Waals surface area contributed by atoms with E-state index in [4.69, 9.17) is 10.4 Å². The number of nitrogens with one attached hydrogen (secondary N) is 1. The van der Waals surface area contributed by atoms with Crippen molar-refractivity contribution in [2.45, 2.75) is 19.4 Å². The largest absolute Gasteiger partial charge is 0.395 e. The summed E-state index contributed by atoms with van der Waals surface area (Å²) in [6, 6.07) is 8.34. The fourth-order valence-corrected chi connectivity index (χ4v) is 2.47. The molecule has 1 aromatic rings. The summed E-state index contributed by atoms with van der Waals surface area (Å²) in [5.74, 6) is 5.14. The Labute approximate surface area is 119 Å². The fourth-order valence-electron chi connectivity index (χ4n) is 1.54. The van der Waals surface area contributed by atoms with Crippen LogP contribution in [0, 0.1) is 23.2 Å². The Balaban J connectivity index is 2.74. The first-order chi connectivity index (χ1) is 9.48. The molecule has 6 heteroatoms. The summed E-state index contributed by atoms with van der Waals surface area (Å²) in [6.07, 6.45) is 0.423. The number of aliphatic hydroxyl groups is 1. The molecule has 1 aromatic carbocycles. The zero-order chi connectivity index (χ0) is 15.0. The Morgan fingerprint density at radius 2 is 2.00 bits per heavy atom. The van der Waals surface area contributed by atoms with E-state index in [2.05, 4.69) is 16.6 Å². The van der Waals surface area contributed by atoms with E-state index in [1.54, 1.807) is 37.3 Å². The van der Waals surface area contributed by atoms with Crippen LogP contribution in [-0.4, -0.2) is 25.9 Å². The molecular formula is C14H16N2O3S. The lowest BCUT2D eigenvalue weighted by Crippen LogP contribution is -2.28. The average Bonchev–Trinajstić information content (AvgIpc) is 2.39. The van der Waals surface area contributed by atoms with Gasteiger partial charge in [-0.1, -0.05) is 24.0 Å². The molecule has 0 radical (unpaired) electrons. The topological polar surface area (TPSA) is 90.2 Å². The predicted molar refractivity (Wildman–Crippen MR) is 76.0 cm³/mol. The maximum absolute atomic E-state index is 11.5. The van der Waals surface area contributed by atoms with Gasteiger partial charge in [0.15, 0.2) is 5.75 Å². The summed E-state index contributed by atoms with van der Waals surface area (Å²) in [5, 5.41) is 17.0. The van der Waals surface area contributed by atoms with Crippen LogP contribution in [0.1, 0.15) is 30.5 Å². The molecule has 2 N–H and O–H groups in total. The van der Waals surface area contributed by atoms with Crippen molar-refractivity contribution in [3.05, 3.63) is 35.4 Å². The van der Waals surface area contributed by atoms with Gasteiger partial charge in [0.1, 0.15) is 0 Å². The van der Waals surface area contributed by atoms with Crippen LogP contribution in [0.4, 0.5) is 0 Å². The van der Waals surface area contributed by atoms with E-state index in [1.807, 2.05) is 0 Å². The Kier molecular flexibility index (Phi) is 6.20. The SMILES string of the molecule is CC(NS(=O)(=O)CC#N)c1ccc(C#CCCO)cc1. The Morgan fingerprint density at radius 3 is 2.55 bits per heavy atom. The summed E-state index contributed by atoms with van der Waals surface area (Å²) in [4.78, 5) is 0. The minimum atomic E-state index is -3.57. The zero-order valence-electron chi connectivity index (χ0n) is 11.1. The molecule has 0 heterocycles. The van der Waals surface area contributed by atoms with E-state index < -0.39 is 21.8 Å². The molecule has 1 atom stereocenters. The van der Waals surface area contributed by atoms with Gasteiger partial charge in [0.25, 0.3) is 0 Å². The third kappa shape index (κ3) is 5.41.